The predicted octanol–water partition coefficient (Wildman–Crippen LogP) is 3.40. The van der Waals surface area contributed by atoms with Crippen LogP contribution in [-0.4, -0.2) is 25.7 Å². The van der Waals surface area contributed by atoms with Gasteiger partial charge in [-0.2, -0.15) is 0 Å². The van der Waals surface area contributed by atoms with Crippen molar-refractivity contribution >= 4 is 33.2 Å². The normalized spacial score (nSPS) is 11.7. The van der Waals surface area contributed by atoms with Crippen LogP contribution >= 0.6 is 27.3 Å². The summed E-state index contributed by atoms with van der Waals surface area (Å²) in [5, 5.41) is 8.49. The zero-order valence-electron chi connectivity index (χ0n) is 10.5. The molecule has 0 fully saturated rings. The fourth-order valence-corrected chi connectivity index (χ4v) is 3.12. The number of nitrogens with zero attached hydrogens (tertiary/aromatic N) is 3. The number of hydrogen-bond donors (Lipinski definition) is 1. The first-order valence-corrected chi connectivity index (χ1v) is 7.51. The summed E-state index contributed by atoms with van der Waals surface area (Å²) in [6.45, 7) is 3.11. The minimum Gasteiger partial charge on any atom is -0.465 e. The summed E-state index contributed by atoms with van der Waals surface area (Å²) in [6, 6.07) is 1.41. The van der Waals surface area contributed by atoms with Gasteiger partial charge in [-0.15, -0.1) is 11.3 Å². The second-order valence-electron chi connectivity index (χ2n) is 3.58. The monoisotopic (exact) mass is 346 g/mol. The van der Waals surface area contributed by atoms with Gasteiger partial charge in [-0.05, 0) is 52.8 Å². The topological polar surface area (TPSA) is 87.1 Å². The lowest BCUT2D eigenvalue weighted by molar-refractivity contribution is -0.145. The fraction of sp³-hybridized carbons (Fsp3) is 0.545. The van der Waals surface area contributed by atoms with Gasteiger partial charge in [-0.1, -0.05) is 5.11 Å². The Labute approximate surface area is 123 Å². The molecule has 0 aromatic carbocycles. The molecule has 1 aromatic rings. The van der Waals surface area contributed by atoms with Crippen LogP contribution in [0.15, 0.2) is 21.0 Å². The van der Waals surface area contributed by atoms with E-state index in [4.69, 9.17) is 10.3 Å². The van der Waals surface area contributed by atoms with E-state index in [0.717, 1.165) is 9.35 Å². The fourth-order valence-electron chi connectivity index (χ4n) is 1.46. The molecule has 104 valence electrons. The van der Waals surface area contributed by atoms with Crippen molar-refractivity contribution in [1.29, 1.82) is 0 Å². The zero-order valence-corrected chi connectivity index (χ0v) is 12.9. The van der Waals surface area contributed by atoms with E-state index in [9.17, 15) is 4.79 Å². The Bertz CT molecular complexity index is 459. The summed E-state index contributed by atoms with van der Waals surface area (Å²) in [4.78, 5) is 15.5. The van der Waals surface area contributed by atoms with Crippen molar-refractivity contribution in [3.05, 3.63) is 31.2 Å². The Morgan fingerprint density at radius 2 is 2.53 bits per heavy atom. The van der Waals surface area contributed by atoms with Gasteiger partial charge in [0.15, 0.2) is 0 Å². The van der Waals surface area contributed by atoms with Crippen molar-refractivity contribution in [3.8, 4) is 0 Å². The first-order valence-electron chi connectivity index (χ1n) is 5.84. The third-order valence-electron chi connectivity index (χ3n) is 2.28. The van der Waals surface area contributed by atoms with E-state index in [1.54, 1.807) is 6.92 Å². The van der Waals surface area contributed by atoms with Crippen LogP contribution in [0.5, 0.6) is 0 Å². The van der Waals surface area contributed by atoms with Gasteiger partial charge in [0.2, 0.25) is 0 Å². The molecule has 19 heavy (non-hydrogen) atoms. The number of hydrogen-bond acceptors (Lipinski definition) is 5. The van der Waals surface area contributed by atoms with Crippen molar-refractivity contribution in [2.24, 2.45) is 5.11 Å². The Hall–Kier alpha value is -1.08. The molecule has 6 nitrogen and oxygen atoms in total. The molecule has 1 rings (SSSR count). The second-order valence-corrected chi connectivity index (χ2v) is 5.38. The van der Waals surface area contributed by atoms with Gasteiger partial charge in [0.25, 0.3) is 0 Å². The number of esters is 1. The Morgan fingerprint density at radius 1 is 1.74 bits per heavy atom. The van der Waals surface area contributed by atoms with Crippen LogP contribution in [0.4, 0.5) is 0 Å². The molecule has 1 atom stereocenters. The summed E-state index contributed by atoms with van der Waals surface area (Å²) in [5.41, 5.74) is 8.18. The van der Waals surface area contributed by atoms with Crippen LogP contribution in [0.1, 0.15) is 24.3 Å². The van der Waals surface area contributed by atoms with Gasteiger partial charge >= 0.3 is 5.97 Å². The summed E-state index contributed by atoms with van der Waals surface area (Å²) in [7, 11) is 0. The lowest BCUT2D eigenvalue weighted by Gasteiger charge is -2.16. The highest BCUT2D eigenvalue weighted by Gasteiger charge is 2.24. The molecule has 0 aliphatic rings. The number of ether oxygens (including phenoxy) is 1. The Kier molecular flexibility index (Phi) is 7.50. The van der Waals surface area contributed by atoms with Gasteiger partial charge in [-0.25, -0.2) is 4.79 Å². The maximum absolute atomic E-state index is 11.9. The molecule has 8 heteroatoms. The predicted molar refractivity (Wildman–Crippen MR) is 78.0 cm³/mol. The highest BCUT2D eigenvalue weighted by Crippen LogP contribution is 2.29. The van der Waals surface area contributed by atoms with Crippen LogP contribution in [0.25, 0.3) is 10.4 Å². The SMILES string of the molecule is CCOC(=O)C(NCCCN=[N+]=[N-])c1sccc1Br. The number of thiophene rings is 1. The van der Waals surface area contributed by atoms with Gasteiger partial charge in [0, 0.05) is 20.8 Å². The third kappa shape index (κ3) is 5.20. The average Bonchev–Trinajstić information content (AvgIpc) is 2.80. The number of halogens is 1. The van der Waals surface area contributed by atoms with Crippen molar-refractivity contribution < 1.29 is 9.53 Å². The molecular formula is C11H15BrN4O2S. The van der Waals surface area contributed by atoms with Gasteiger partial charge in [0.1, 0.15) is 6.04 Å². The minimum atomic E-state index is -0.486. The van der Waals surface area contributed by atoms with Crippen molar-refractivity contribution in [1.82, 2.24) is 5.32 Å². The van der Waals surface area contributed by atoms with Crippen molar-refractivity contribution in [2.45, 2.75) is 19.4 Å². The summed E-state index contributed by atoms with van der Waals surface area (Å²) < 4.78 is 5.95. The Balaban J connectivity index is 2.63. The molecule has 0 aliphatic heterocycles. The highest BCUT2D eigenvalue weighted by molar-refractivity contribution is 9.10. The lowest BCUT2D eigenvalue weighted by Crippen LogP contribution is -2.30. The number of carbonyl (C=O) groups excluding carboxylic acids is 1. The summed E-state index contributed by atoms with van der Waals surface area (Å²) >= 11 is 4.90. The molecule has 1 unspecified atom stereocenters. The zero-order chi connectivity index (χ0) is 14.1. The third-order valence-corrected chi connectivity index (χ3v) is 4.21. The highest BCUT2D eigenvalue weighted by atomic mass is 79.9. The van der Waals surface area contributed by atoms with E-state index in [2.05, 4.69) is 31.3 Å². The van der Waals surface area contributed by atoms with E-state index >= 15 is 0 Å². The van der Waals surface area contributed by atoms with E-state index < -0.39 is 6.04 Å². The first-order chi connectivity index (χ1) is 9.20. The van der Waals surface area contributed by atoms with Crippen LogP contribution in [-0.2, 0) is 9.53 Å². The van der Waals surface area contributed by atoms with Crippen molar-refractivity contribution in [2.75, 3.05) is 19.7 Å². The van der Waals surface area contributed by atoms with E-state index in [-0.39, 0.29) is 5.97 Å². The lowest BCUT2D eigenvalue weighted by atomic mass is 10.2. The number of nitrogens with one attached hydrogen (secondary N) is 1. The van der Waals surface area contributed by atoms with Crippen LogP contribution in [0.3, 0.4) is 0 Å². The van der Waals surface area contributed by atoms with E-state index in [0.29, 0.717) is 26.1 Å². The van der Waals surface area contributed by atoms with Gasteiger partial charge in [-0.3, -0.25) is 5.32 Å². The Morgan fingerprint density at radius 3 is 3.11 bits per heavy atom. The van der Waals surface area contributed by atoms with Crippen molar-refractivity contribution in [3.63, 3.8) is 0 Å². The van der Waals surface area contributed by atoms with Crippen LogP contribution in [0.2, 0.25) is 0 Å². The van der Waals surface area contributed by atoms with Gasteiger partial charge in [0.05, 0.1) is 6.61 Å². The molecule has 1 aromatic heterocycles. The van der Waals surface area contributed by atoms with Crippen LogP contribution in [0, 0.1) is 0 Å². The molecule has 1 N–H and O–H groups in total. The quantitative estimate of drug-likeness (QED) is 0.257. The molecule has 0 radical (unpaired) electrons. The molecular weight excluding hydrogens is 332 g/mol. The first kappa shape index (κ1) is 16.0. The summed E-state index contributed by atoms with van der Waals surface area (Å²) in [6.07, 6.45) is 0.670. The largest absolute Gasteiger partial charge is 0.465 e. The number of azide groups is 1. The molecule has 0 spiro atoms. The molecule has 1 heterocycles. The second kappa shape index (κ2) is 8.92. The molecule has 0 saturated heterocycles. The number of rotatable bonds is 8. The molecule has 0 saturated carbocycles. The molecule has 0 amide bonds. The summed E-state index contributed by atoms with van der Waals surface area (Å²) in [5.74, 6) is -0.297. The minimum absolute atomic E-state index is 0.297. The molecule has 0 aliphatic carbocycles. The standard InChI is InChI=1S/C11H15BrN4O2S/c1-2-18-11(17)9(10-8(12)4-7-19-10)14-5-3-6-15-16-13/h4,7,9,14H,2-3,5-6H2,1H3. The maximum atomic E-state index is 11.9. The van der Waals surface area contributed by atoms with E-state index in [1.165, 1.54) is 11.3 Å². The maximum Gasteiger partial charge on any atom is 0.328 e. The van der Waals surface area contributed by atoms with E-state index in [1.807, 2.05) is 11.4 Å². The van der Waals surface area contributed by atoms with Crippen LogP contribution < -0.4 is 5.32 Å². The van der Waals surface area contributed by atoms with Gasteiger partial charge < -0.3 is 4.74 Å². The average molecular weight is 347 g/mol. The molecule has 0 bridgehead atoms. The number of carbonyl (C=O) groups is 1. The smallest absolute Gasteiger partial charge is 0.328 e.